The zero-order chi connectivity index (χ0) is 26.0. The van der Waals surface area contributed by atoms with Gasteiger partial charge in [-0.3, -0.25) is 4.79 Å². The summed E-state index contributed by atoms with van der Waals surface area (Å²) in [6.45, 7) is 15.8. The summed E-state index contributed by atoms with van der Waals surface area (Å²) in [5.74, 6) is -0.728. The molecule has 4 nitrogen and oxygen atoms in total. The third-order valence-corrected chi connectivity index (χ3v) is 12.3. The molecule has 0 amide bonds. The third-order valence-electron chi connectivity index (χ3n) is 7.74. The van der Waals surface area contributed by atoms with Crippen molar-refractivity contribution in [2.45, 2.75) is 168 Å². The molecule has 3 atom stereocenters. The number of hydrogen-bond acceptors (Lipinski definition) is 4. The Morgan fingerprint density at radius 3 is 1.71 bits per heavy atom. The van der Waals surface area contributed by atoms with Crippen LogP contribution in [0.5, 0.6) is 0 Å². The van der Waals surface area contributed by atoms with Crippen molar-refractivity contribution in [1.82, 2.24) is 0 Å². The van der Waals surface area contributed by atoms with E-state index in [1.165, 1.54) is 64.9 Å². The molecule has 5 heteroatoms. The second kappa shape index (κ2) is 18.8. The Kier molecular flexibility index (Phi) is 18.6. The molecule has 0 aromatic rings. The van der Waals surface area contributed by atoms with E-state index in [2.05, 4.69) is 47.7 Å². The highest BCUT2D eigenvalue weighted by molar-refractivity contribution is 6.74. The largest absolute Gasteiger partial charge is 0.469 e. The first-order chi connectivity index (χ1) is 16.0. The number of ether oxygens (including phenoxy) is 1. The van der Waals surface area contributed by atoms with Gasteiger partial charge in [-0.15, -0.1) is 0 Å². The van der Waals surface area contributed by atoms with E-state index in [1.54, 1.807) is 0 Å². The molecule has 0 saturated heterocycles. The molecule has 0 aliphatic rings. The molecule has 34 heavy (non-hydrogen) atoms. The Bertz CT molecular complexity index is 501. The molecule has 0 aromatic heterocycles. The van der Waals surface area contributed by atoms with Crippen LogP contribution in [0.15, 0.2) is 0 Å². The average molecular weight is 501 g/mol. The van der Waals surface area contributed by atoms with Gasteiger partial charge in [0.2, 0.25) is 0 Å². The maximum atomic E-state index is 12.5. The van der Waals surface area contributed by atoms with Crippen molar-refractivity contribution < 1.29 is 19.1 Å². The molecular weight excluding hydrogens is 440 g/mol. The number of unbranched alkanes of at least 4 members (excludes halogenated alkanes) is 11. The van der Waals surface area contributed by atoms with E-state index < -0.39 is 20.3 Å². The number of aliphatic hydroxyl groups is 1. The van der Waals surface area contributed by atoms with Gasteiger partial charge in [-0.05, 0) is 37.4 Å². The topological polar surface area (TPSA) is 55.8 Å². The fraction of sp³-hybridized carbons (Fsp3) is 0.966. The van der Waals surface area contributed by atoms with Gasteiger partial charge in [-0.1, -0.05) is 118 Å². The van der Waals surface area contributed by atoms with Gasteiger partial charge in [-0.2, -0.15) is 0 Å². The molecule has 0 aliphatic heterocycles. The molecule has 204 valence electrons. The quantitative estimate of drug-likeness (QED) is 0.0971. The molecular formula is C29H60O4Si. The highest BCUT2D eigenvalue weighted by Gasteiger charge is 2.40. The first kappa shape index (κ1) is 33.6. The first-order valence-electron chi connectivity index (χ1n) is 14.4. The SMILES string of the molecule is CCCCCCCCCCC[C@@H](CC(O)C(CCCCCC)C(=O)OC)O[Si](C)(C)C(C)(C)C. The highest BCUT2D eigenvalue weighted by atomic mass is 28.4. The normalized spacial score (nSPS) is 15.2. The molecule has 0 radical (unpaired) electrons. The van der Waals surface area contributed by atoms with Gasteiger partial charge < -0.3 is 14.3 Å². The maximum absolute atomic E-state index is 12.5. The standard InChI is InChI=1S/C29H60O4Si/c1-9-11-13-15-16-17-18-19-20-22-25(33-34(7,8)29(3,4)5)24-27(30)26(28(31)32-6)23-21-14-12-10-2/h25-27,30H,9-24H2,1-8H3/t25-,26?,27?/m0/s1. The number of rotatable bonds is 21. The van der Waals surface area contributed by atoms with E-state index in [1.807, 2.05) is 0 Å². The van der Waals surface area contributed by atoms with E-state index >= 15 is 0 Å². The minimum atomic E-state index is -1.96. The minimum absolute atomic E-state index is 0.00300. The van der Waals surface area contributed by atoms with Gasteiger partial charge in [0.15, 0.2) is 8.32 Å². The van der Waals surface area contributed by atoms with E-state index in [9.17, 15) is 9.90 Å². The number of carbonyl (C=O) groups is 1. The maximum Gasteiger partial charge on any atom is 0.311 e. The number of methoxy groups -OCH3 is 1. The Labute approximate surface area is 214 Å². The molecule has 0 fully saturated rings. The van der Waals surface area contributed by atoms with E-state index in [0.29, 0.717) is 12.8 Å². The second-order valence-corrected chi connectivity index (χ2v) is 16.7. The van der Waals surface area contributed by atoms with Crippen LogP contribution in [0, 0.1) is 5.92 Å². The van der Waals surface area contributed by atoms with Crippen LogP contribution >= 0.6 is 0 Å². The smallest absolute Gasteiger partial charge is 0.311 e. The van der Waals surface area contributed by atoms with Crippen molar-refractivity contribution in [1.29, 1.82) is 0 Å². The van der Waals surface area contributed by atoms with Crippen molar-refractivity contribution >= 4 is 14.3 Å². The Balaban J connectivity index is 4.93. The van der Waals surface area contributed by atoms with Gasteiger partial charge >= 0.3 is 5.97 Å². The van der Waals surface area contributed by atoms with Crippen LogP contribution in [0.1, 0.15) is 137 Å². The summed E-state index contributed by atoms with van der Waals surface area (Å²) in [5, 5.41) is 11.2. The summed E-state index contributed by atoms with van der Waals surface area (Å²) in [4.78, 5) is 12.5. The molecule has 0 aromatic carbocycles. The predicted molar refractivity (Wildman–Crippen MR) is 149 cm³/mol. The van der Waals surface area contributed by atoms with E-state index in [0.717, 1.165) is 32.1 Å². The number of esters is 1. The van der Waals surface area contributed by atoms with Crippen LogP contribution in [0.3, 0.4) is 0 Å². The van der Waals surface area contributed by atoms with Crippen LogP contribution in [0.25, 0.3) is 0 Å². The van der Waals surface area contributed by atoms with Gasteiger partial charge in [0.25, 0.3) is 0 Å². The fourth-order valence-corrected chi connectivity index (χ4v) is 5.75. The zero-order valence-electron chi connectivity index (χ0n) is 24.2. The van der Waals surface area contributed by atoms with Crippen molar-refractivity contribution in [3.63, 3.8) is 0 Å². The van der Waals surface area contributed by atoms with Crippen molar-refractivity contribution in [3.8, 4) is 0 Å². The Morgan fingerprint density at radius 2 is 1.24 bits per heavy atom. The molecule has 2 unspecified atom stereocenters. The monoisotopic (exact) mass is 500 g/mol. The van der Waals surface area contributed by atoms with Gasteiger partial charge in [0.05, 0.1) is 19.1 Å². The summed E-state index contributed by atoms with van der Waals surface area (Å²) in [6.07, 6.45) is 17.6. The van der Waals surface area contributed by atoms with Crippen LogP contribution in [-0.2, 0) is 14.0 Å². The molecule has 1 N–H and O–H groups in total. The van der Waals surface area contributed by atoms with Crippen LogP contribution in [-0.4, -0.2) is 38.7 Å². The Hall–Kier alpha value is -0.393. The lowest BCUT2D eigenvalue weighted by Gasteiger charge is -2.40. The number of carbonyl (C=O) groups excluding carboxylic acids is 1. The number of hydrogen-bond donors (Lipinski definition) is 1. The van der Waals surface area contributed by atoms with Crippen LogP contribution < -0.4 is 0 Å². The lowest BCUT2D eigenvalue weighted by Crippen LogP contribution is -2.45. The summed E-state index contributed by atoms with van der Waals surface area (Å²) in [5.41, 5.74) is 0. The van der Waals surface area contributed by atoms with Crippen molar-refractivity contribution in [2.24, 2.45) is 5.92 Å². The fourth-order valence-electron chi connectivity index (χ4n) is 4.34. The molecule has 0 aliphatic carbocycles. The Morgan fingerprint density at radius 1 is 0.794 bits per heavy atom. The first-order valence-corrected chi connectivity index (χ1v) is 17.3. The van der Waals surface area contributed by atoms with Crippen LogP contribution in [0.2, 0.25) is 18.1 Å². The molecule has 0 rings (SSSR count). The zero-order valence-corrected chi connectivity index (χ0v) is 25.2. The molecule has 0 heterocycles. The van der Waals surface area contributed by atoms with Crippen LogP contribution in [0.4, 0.5) is 0 Å². The number of aliphatic hydroxyl groups excluding tert-OH is 1. The molecule has 0 saturated carbocycles. The summed E-state index contributed by atoms with van der Waals surface area (Å²) < 4.78 is 11.8. The summed E-state index contributed by atoms with van der Waals surface area (Å²) in [7, 11) is -0.532. The lowest BCUT2D eigenvalue weighted by molar-refractivity contribution is -0.150. The lowest BCUT2D eigenvalue weighted by atomic mass is 9.90. The molecule has 0 spiro atoms. The van der Waals surface area contributed by atoms with E-state index in [-0.39, 0.29) is 17.1 Å². The minimum Gasteiger partial charge on any atom is -0.469 e. The highest BCUT2D eigenvalue weighted by Crippen LogP contribution is 2.38. The predicted octanol–water partition coefficient (Wildman–Crippen LogP) is 8.81. The third kappa shape index (κ3) is 14.9. The molecule has 0 bridgehead atoms. The summed E-state index contributed by atoms with van der Waals surface area (Å²) >= 11 is 0. The van der Waals surface area contributed by atoms with Gasteiger partial charge in [-0.25, -0.2) is 0 Å². The van der Waals surface area contributed by atoms with Gasteiger partial charge in [0.1, 0.15) is 0 Å². The average Bonchev–Trinajstić information content (AvgIpc) is 2.76. The van der Waals surface area contributed by atoms with E-state index in [4.69, 9.17) is 9.16 Å². The van der Waals surface area contributed by atoms with Crippen molar-refractivity contribution in [2.75, 3.05) is 7.11 Å². The van der Waals surface area contributed by atoms with Gasteiger partial charge in [0, 0.05) is 6.10 Å². The second-order valence-electron chi connectivity index (χ2n) is 11.9. The summed E-state index contributed by atoms with van der Waals surface area (Å²) in [6, 6.07) is 0. The van der Waals surface area contributed by atoms with Crippen molar-refractivity contribution in [3.05, 3.63) is 0 Å².